The van der Waals surface area contributed by atoms with Crippen molar-refractivity contribution in [3.8, 4) is 0 Å². The lowest BCUT2D eigenvalue weighted by Crippen LogP contribution is -2.45. The highest BCUT2D eigenvalue weighted by Crippen LogP contribution is 2.17. The van der Waals surface area contributed by atoms with Crippen molar-refractivity contribution >= 4 is 11.3 Å². The lowest BCUT2D eigenvalue weighted by molar-refractivity contribution is 0.384. The molecule has 0 amide bonds. The highest BCUT2D eigenvalue weighted by Gasteiger charge is 2.27. The van der Waals surface area contributed by atoms with Crippen LogP contribution in [0.5, 0.6) is 0 Å². The number of thiazole rings is 1. The fraction of sp³-hybridized carbons (Fsp3) is 0.727. The summed E-state index contributed by atoms with van der Waals surface area (Å²) < 4.78 is 0. The van der Waals surface area contributed by atoms with Crippen LogP contribution in [-0.4, -0.2) is 23.6 Å². The monoisotopic (exact) mass is 225 g/mol. The van der Waals surface area contributed by atoms with Crippen molar-refractivity contribution in [2.75, 3.05) is 13.1 Å². The van der Waals surface area contributed by atoms with Gasteiger partial charge in [0, 0.05) is 24.0 Å². The Kier molecular flexibility index (Phi) is 3.38. The van der Waals surface area contributed by atoms with Crippen molar-refractivity contribution in [1.29, 1.82) is 0 Å². The number of nitrogens with zero attached hydrogens (tertiary/aromatic N) is 1. The van der Waals surface area contributed by atoms with Gasteiger partial charge in [0.25, 0.3) is 0 Å². The van der Waals surface area contributed by atoms with Gasteiger partial charge in [0.1, 0.15) is 0 Å². The Hall–Kier alpha value is -0.450. The Labute approximate surface area is 95.3 Å². The van der Waals surface area contributed by atoms with Gasteiger partial charge in [-0.2, -0.15) is 0 Å². The molecule has 1 aromatic rings. The molecule has 1 fully saturated rings. The van der Waals surface area contributed by atoms with E-state index in [1.54, 1.807) is 11.3 Å². The summed E-state index contributed by atoms with van der Waals surface area (Å²) in [6.07, 6.45) is 2.57. The van der Waals surface area contributed by atoms with Crippen LogP contribution in [0.15, 0.2) is 5.38 Å². The molecule has 0 saturated carbocycles. The average Bonchev–Trinajstić information content (AvgIpc) is 2.76. The Bertz CT molecular complexity index is 315. The number of aryl methyl sites for hydroxylation is 1. The molecule has 3 nitrogen and oxygen atoms in total. The van der Waals surface area contributed by atoms with Gasteiger partial charge in [-0.25, -0.2) is 4.98 Å². The van der Waals surface area contributed by atoms with Crippen LogP contribution >= 0.6 is 11.3 Å². The van der Waals surface area contributed by atoms with E-state index in [9.17, 15) is 0 Å². The first-order valence-electron chi connectivity index (χ1n) is 5.55. The minimum absolute atomic E-state index is 0.297. The molecular formula is C11H19N3S. The van der Waals surface area contributed by atoms with Gasteiger partial charge in [-0.1, -0.05) is 0 Å². The van der Waals surface area contributed by atoms with Crippen LogP contribution in [0, 0.1) is 6.92 Å². The lowest BCUT2D eigenvalue weighted by atomic mass is 10.0. The normalized spacial score (nSPS) is 26.0. The van der Waals surface area contributed by atoms with Crippen molar-refractivity contribution in [3.63, 3.8) is 0 Å². The second kappa shape index (κ2) is 4.60. The van der Waals surface area contributed by atoms with Gasteiger partial charge in [-0.15, -0.1) is 11.3 Å². The first-order chi connectivity index (χ1) is 7.18. The van der Waals surface area contributed by atoms with Gasteiger partial charge in [-0.3, -0.25) is 0 Å². The van der Waals surface area contributed by atoms with Gasteiger partial charge < -0.3 is 10.6 Å². The minimum atomic E-state index is 0.297. The molecule has 0 radical (unpaired) electrons. The molecule has 4 heteroatoms. The largest absolute Gasteiger partial charge is 0.310 e. The zero-order valence-corrected chi connectivity index (χ0v) is 10.3. The smallest absolute Gasteiger partial charge is 0.0897 e. The third-order valence-corrected chi connectivity index (χ3v) is 3.77. The molecule has 1 unspecified atom stereocenters. The van der Waals surface area contributed by atoms with Gasteiger partial charge in [0.05, 0.1) is 10.7 Å². The Morgan fingerprint density at radius 2 is 2.53 bits per heavy atom. The van der Waals surface area contributed by atoms with E-state index in [4.69, 9.17) is 0 Å². The molecule has 2 N–H and O–H groups in total. The standard InChI is InChI=1S/C11H19N3S/c1-9-14-10(7-15-9)6-12-8-11(2)4-3-5-13-11/h7,12-13H,3-6,8H2,1-2H3. The third kappa shape index (κ3) is 3.00. The number of nitrogens with one attached hydrogen (secondary N) is 2. The average molecular weight is 225 g/mol. The van der Waals surface area contributed by atoms with Crippen LogP contribution in [0.1, 0.15) is 30.5 Å². The molecule has 84 valence electrons. The first-order valence-corrected chi connectivity index (χ1v) is 6.43. The summed E-state index contributed by atoms with van der Waals surface area (Å²) in [5.74, 6) is 0. The Morgan fingerprint density at radius 1 is 1.67 bits per heavy atom. The fourth-order valence-electron chi connectivity index (χ4n) is 2.06. The van der Waals surface area contributed by atoms with Gasteiger partial charge >= 0.3 is 0 Å². The van der Waals surface area contributed by atoms with E-state index < -0.39 is 0 Å². The van der Waals surface area contributed by atoms with Crippen LogP contribution in [0.25, 0.3) is 0 Å². The van der Waals surface area contributed by atoms with Crippen LogP contribution in [0.4, 0.5) is 0 Å². The number of rotatable bonds is 4. The molecule has 1 aliphatic heterocycles. The van der Waals surface area contributed by atoms with Crippen LogP contribution in [0.2, 0.25) is 0 Å². The van der Waals surface area contributed by atoms with Crippen molar-refractivity contribution in [3.05, 3.63) is 16.1 Å². The molecule has 1 aromatic heterocycles. The molecule has 0 aromatic carbocycles. The van der Waals surface area contributed by atoms with Crippen molar-refractivity contribution in [2.24, 2.45) is 0 Å². The van der Waals surface area contributed by atoms with E-state index in [0.29, 0.717) is 5.54 Å². The van der Waals surface area contributed by atoms with E-state index in [1.165, 1.54) is 18.5 Å². The van der Waals surface area contributed by atoms with E-state index in [-0.39, 0.29) is 0 Å². The molecular weight excluding hydrogens is 206 g/mol. The topological polar surface area (TPSA) is 37.0 Å². The molecule has 1 aliphatic rings. The second-order valence-corrected chi connectivity index (χ2v) is 5.61. The number of hydrogen-bond donors (Lipinski definition) is 2. The SMILES string of the molecule is Cc1nc(CNCC2(C)CCCN2)cs1. The predicted octanol–water partition coefficient (Wildman–Crippen LogP) is 1.68. The summed E-state index contributed by atoms with van der Waals surface area (Å²) in [5.41, 5.74) is 1.46. The maximum atomic E-state index is 4.43. The molecule has 0 spiro atoms. The Balaban J connectivity index is 1.75. The zero-order chi connectivity index (χ0) is 10.7. The molecule has 0 bridgehead atoms. The fourth-order valence-corrected chi connectivity index (χ4v) is 2.68. The molecule has 1 saturated heterocycles. The minimum Gasteiger partial charge on any atom is -0.310 e. The molecule has 1 atom stereocenters. The number of hydrogen-bond acceptors (Lipinski definition) is 4. The highest BCUT2D eigenvalue weighted by molar-refractivity contribution is 7.09. The third-order valence-electron chi connectivity index (χ3n) is 2.94. The molecule has 2 heterocycles. The summed E-state index contributed by atoms with van der Waals surface area (Å²) in [5, 5.41) is 10.3. The van der Waals surface area contributed by atoms with Crippen molar-refractivity contribution in [1.82, 2.24) is 15.6 Å². The lowest BCUT2D eigenvalue weighted by Gasteiger charge is -2.24. The van der Waals surface area contributed by atoms with Gasteiger partial charge in [-0.05, 0) is 33.2 Å². The van der Waals surface area contributed by atoms with E-state index >= 15 is 0 Å². The quantitative estimate of drug-likeness (QED) is 0.818. The summed E-state index contributed by atoms with van der Waals surface area (Å²) in [7, 11) is 0. The maximum absolute atomic E-state index is 4.43. The summed E-state index contributed by atoms with van der Waals surface area (Å²) in [6.45, 7) is 7.42. The predicted molar refractivity (Wildman–Crippen MR) is 64.2 cm³/mol. The van der Waals surface area contributed by atoms with E-state index in [1.807, 2.05) is 6.92 Å². The van der Waals surface area contributed by atoms with Crippen LogP contribution in [0.3, 0.4) is 0 Å². The molecule has 0 aliphatic carbocycles. The summed E-state index contributed by atoms with van der Waals surface area (Å²) in [6, 6.07) is 0. The number of aromatic nitrogens is 1. The van der Waals surface area contributed by atoms with E-state index in [0.717, 1.165) is 24.6 Å². The second-order valence-electron chi connectivity index (χ2n) is 4.55. The van der Waals surface area contributed by atoms with Crippen LogP contribution < -0.4 is 10.6 Å². The van der Waals surface area contributed by atoms with Gasteiger partial charge in [0.2, 0.25) is 0 Å². The first kappa shape index (κ1) is 11.0. The van der Waals surface area contributed by atoms with Crippen molar-refractivity contribution < 1.29 is 0 Å². The zero-order valence-electron chi connectivity index (χ0n) is 9.47. The summed E-state index contributed by atoms with van der Waals surface area (Å²) in [4.78, 5) is 4.43. The molecule has 15 heavy (non-hydrogen) atoms. The summed E-state index contributed by atoms with van der Waals surface area (Å²) >= 11 is 1.72. The van der Waals surface area contributed by atoms with Gasteiger partial charge in [0.15, 0.2) is 0 Å². The van der Waals surface area contributed by atoms with Crippen molar-refractivity contribution in [2.45, 2.75) is 38.8 Å². The molecule has 2 rings (SSSR count). The highest BCUT2D eigenvalue weighted by atomic mass is 32.1. The van der Waals surface area contributed by atoms with Crippen LogP contribution in [-0.2, 0) is 6.54 Å². The Morgan fingerprint density at radius 3 is 3.13 bits per heavy atom. The maximum Gasteiger partial charge on any atom is 0.0897 e. The van der Waals surface area contributed by atoms with E-state index in [2.05, 4.69) is 27.9 Å².